The number of nitrogens with two attached hydrogens (primary N) is 1. The molecule has 0 radical (unpaired) electrons. The smallest absolute Gasteiger partial charge is 0.238 e. The number of hydrogen-bond acceptors (Lipinski definition) is 4. The van der Waals surface area contributed by atoms with E-state index in [2.05, 4.69) is 27.3 Å². The molecule has 0 aliphatic carbocycles. The zero-order chi connectivity index (χ0) is 15.4. The molecule has 2 rings (SSSR count). The molecule has 4 nitrogen and oxygen atoms in total. The van der Waals surface area contributed by atoms with Gasteiger partial charge in [0.2, 0.25) is 5.91 Å². The summed E-state index contributed by atoms with van der Waals surface area (Å²) in [5.74, 6) is -0.0881. The second kappa shape index (κ2) is 7.26. The van der Waals surface area contributed by atoms with Gasteiger partial charge in [-0.1, -0.05) is 11.6 Å². The van der Waals surface area contributed by atoms with E-state index in [1.54, 1.807) is 29.5 Å². The van der Waals surface area contributed by atoms with Crippen molar-refractivity contribution in [3.63, 3.8) is 0 Å². The number of carbonyl (C=O) groups excluding carboxylic acids is 1. The van der Waals surface area contributed by atoms with Crippen LogP contribution in [0.2, 0.25) is 5.02 Å². The number of anilines is 2. The molecule has 1 heterocycles. The third kappa shape index (κ3) is 5.00. The average molecular weight is 389 g/mol. The summed E-state index contributed by atoms with van der Waals surface area (Å²) in [5.41, 5.74) is 6.80. The molecule has 112 valence electrons. The van der Waals surface area contributed by atoms with Crippen molar-refractivity contribution < 1.29 is 4.79 Å². The van der Waals surface area contributed by atoms with Crippen LogP contribution in [0.3, 0.4) is 0 Å². The number of nitrogens with one attached hydrogen (secondary N) is 1. The molecule has 0 atom stereocenters. The van der Waals surface area contributed by atoms with E-state index in [4.69, 9.17) is 17.3 Å². The van der Waals surface area contributed by atoms with Crippen molar-refractivity contribution in [1.29, 1.82) is 0 Å². The molecule has 7 heteroatoms. The molecule has 0 spiro atoms. The lowest BCUT2D eigenvalue weighted by atomic mass is 10.3. The Morgan fingerprint density at radius 3 is 2.86 bits per heavy atom. The van der Waals surface area contributed by atoms with Gasteiger partial charge in [-0.3, -0.25) is 9.69 Å². The maximum absolute atomic E-state index is 12.0. The third-order valence-electron chi connectivity index (χ3n) is 2.74. The fourth-order valence-corrected chi connectivity index (χ4v) is 3.47. The Kier molecular flexibility index (Phi) is 5.64. The van der Waals surface area contributed by atoms with Gasteiger partial charge in [0.15, 0.2) is 0 Å². The number of thiophene rings is 1. The molecular formula is C14H15BrClN3OS. The van der Waals surface area contributed by atoms with Crippen LogP contribution in [0.25, 0.3) is 0 Å². The Bertz CT molecular complexity index is 647. The summed E-state index contributed by atoms with van der Waals surface area (Å²) in [4.78, 5) is 15.1. The Morgan fingerprint density at radius 2 is 2.24 bits per heavy atom. The van der Waals surface area contributed by atoms with Crippen LogP contribution >= 0.6 is 38.9 Å². The first-order valence-electron chi connectivity index (χ1n) is 6.20. The fraction of sp³-hybridized carbons (Fsp3) is 0.214. The molecule has 21 heavy (non-hydrogen) atoms. The predicted octanol–water partition coefficient (Wildman–Crippen LogP) is 3.82. The largest absolute Gasteiger partial charge is 0.397 e. The van der Waals surface area contributed by atoms with Gasteiger partial charge in [-0.15, -0.1) is 11.3 Å². The van der Waals surface area contributed by atoms with Crippen molar-refractivity contribution in [2.45, 2.75) is 6.54 Å². The van der Waals surface area contributed by atoms with Gasteiger partial charge in [-0.2, -0.15) is 0 Å². The fourth-order valence-electron chi connectivity index (χ4n) is 1.83. The molecule has 1 aromatic carbocycles. The number of likely N-dealkylation sites (N-methyl/N-ethyl adjacent to an activating group) is 1. The molecule has 3 N–H and O–H groups in total. The molecule has 0 unspecified atom stereocenters. The van der Waals surface area contributed by atoms with Crippen LogP contribution in [0.1, 0.15) is 4.88 Å². The summed E-state index contributed by atoms with van der Waals surface area (Å²) in [7, 11) is 1.91. The van der Waals surface area contributed by atoms with Gasteiger partial charge in [0.1, 0.15) is 0 Å². The molecule has 0 aliphatic heterocycles. The topological polar surface area (TPSA) is 58.4 Å². The normalized spacial score (nSPS) is 10.9. The van der Waals surface area contributed by atoms with Crippen LogP contribution in [0.5, 0.6) is 0 Å². The minimum Gasteiger partial charge on any atom is -0.397 e. The van der Waals surface area contributed by atoms with Crippen molar-refractivity contribution in [2.75, 3.05) is 24.6 Å². The highest BCUT2D eigenvalue weighted by Gasteiger charge is 2.09. The zero-order valence-electron chi connectivity index (χ0n) is 11.4. The number of benzene rings is 1. The van der Waals surface area contributed by atoms with E-state index in [1.807, 2.05) is 17.3 Å². The van der Waals surface area contributed by atoms with E-state index in [9.17, 15) is 4.79 Å². The lowest BCUT2D eigenvalue weighted by Gasteiger charge is -2.15. The number of halogens is 2. The minimum atomic E-state index is -0.0881. The second-order valence-electron chi connectivity index (χ2n) is 4.69. The van der Waals surface area contributed by atoms with Crippen LogP contribution in [0.15, 0.2) is 34.1 Å². The minimum absolute atomic E-state index is 0.0881. The second-order valence-corrected chi connectivity index (χ2v) is 7.01. The van der Waals surface area contributed by atoms with Crippen molar-refractivity contribution in [3.05, 3.63) is 44.0 Å². The highest BCUT2D eigenvalue weighted by molar-refractivity contribution is 9.10. The molecule has 1 amide bonds. The van der Waals surface area contributed by atoms with E-state index in [-0.39, 0.29) is 5.91 Å². The SMILES string of the molecule is CN(CC(=O)Nc1ccc(Cl)c(N)c1)Cc1cc(Br)cs1. The maximum atomic E-state index is 12.0. The quantitative estimate of drug-likeness (QED) is 0.766. The van der Waals surface area contributed by atoms with E-state index in [0.29, 0.717) is 22.9 Å². The summed E-state index contributed by atoms with van der Waals surface area (Å²) in [6.45, 7) is 1.03. The Morgan fingerprint density at radius 1 is 1.48 bits per heavy atom. The Balaban J connectivity index is 1.87. The van der Waals surface area contributed by atoms with E-state index < -0.39 is 0 Å². The number of rotatable bonds is 5. The molecule has 0 saturated heterocycles. The van der Waals surface area contributed by atoms with Crippen LogP contribution < -0.4 is 11.1 Å². The van der Waals surface area contributed by atoms with Crippen LogP contribution in [0.4, 0.5) is 11.4 Å². The van der Waals surface area contributed by atoms with Crippen molar-refractivity contribution >= 4 is 56.1 Å². The van der Waals surface area contributed by atoms with Gasteiger partial charge in [0, 0.05) is 27.0 Å². The number of nitrogens with zero attached hydrogens (tertiary/aromatic N) is 1. The molecule has 0 fully saturated rings. The molecule has 2 aromatic rings. The molecule has 1 aromatic heterocycles. The first-order valence-corrected chi connectivity index (χ1v) is 8.25. The molecule has 0 aliphatic rings. The molecular weight excluding hydrogens is 374 g/mol. The van der Waals surface area contributed by atoms with Gasteiger partial charge in [-0.25, -0.2) is 0 Å². The Hall–Kier alpha value is -1.08. The number of nitrogen functional groups attached to an aromatic ring is 1. The molecule has 0 saturated carbocycles. The molecule has 0 bridgehead atoms. The monoisotopic (exact) mass is 387 g/mol. The lowest BCUT2D eigenvalue weighted by molar-refractivity contribution is -0.117. The zero-order valence-corrected chi connectivity index (χ0v) is 14.6. The van der Waals surface area contributed by atoms with Crippen LogP contribution in [0, 0.1) is 0 Å². The predicted molar refractivity (Wildman–Crippen MR) is 92.8 cm³/mol. The number of amides is 1. The summed E-state index contributed by atoms with van der Waals surface area (Å²) >= 11 is 10.9. The standard InChI is InChI=1S/C14H15BrClN3OS/c1-19(6-11-4-9(15)8-21-11)7-14(20)18-10-2-3-12(16)13(17)5-10/h2-5,8H,6-7,17H2,1H3,(H,18,20). The summed E-state index contributed by atoms with van der Waals surface area (Å²) in [5, 5.41) is 5.31. The van der Waals surface area contributed by atoms with Crippen LogP contribution in [-0.2, 0) is 11.3 Å². The van der Waals surface area contributed by atoms with Crippen LogP contribution in [-0.4, -0.2) is 24.4 Å². The number of carbonyl (C=O) groups is 1. The first-order chi connectivity index (χ1) is 9.94. The van der Waals surface area contributed by atoms with E-state index in [0.717, 1.165) is 11.0 Å². The van der Waals surface area contributed by atoms with E-state index >= 15 is 0 Å². The van der Waals surface area contributed by atoms with Gasteiger partial charge in [0.25, 0.3) is 0 Å². The van der Waals surface area contributed by atoms with Gasteiger partial charge < -0.3 is 11.1 Å². The lowest BCUT2D eigenvalue weighted by Crippen LogP contribution is -2.29. The van der Waals surface area contributed by atoms with Gasteiger partial charge in [-0.05, 0) is 47.2 Å². The summed E-state index contributed by atoms with van der Waals surface area (Å²) in [6, 6.07) is 7.10. The van der Waals surface area contributed by atoms with Gasteiger partial charge >= 0.3 is 0 Å². The average Bonchev–Trinajstić information content (AvgIpc) is 2.79. The highest BCUT2D eigenvalue weighted by Crippen LogP contribution is 2.23. The van der Waals surface area contributed by atoms with Crippen molar-refractivity contribution in [3.8, 4) is 0 Å². The maximum Gasteiger partial charge on any atom is 0.238 e. The Labute approximate surface area is 141 Å². The third-order valence-corrected chi connectivity index (χ3v) is 4.77. The summed E-state index contributed by atoms with van der Waals surface area (Å²) < 4.78 is 1.07. The van der Waals surface area contributed by atoms with Gasteiger partial charge in [0.05, 0.1) is 17.3 Å². The number of hydrogen-bond donors (Lipinski definition) is 2. The summed E-state index contributed by atoms with van der Waals surface area (Å²) in [6.07, 6.45) is 0. The van der Waals surface area contributed by atoms with E-state index in [1.165, 1.54) is 4.88 Å². The van der Waals surface area contributed by atoms with Crippen molar-refractivity contribution in [1.82, 2.24) is 4.90 Å². The highest BCUT2D eigenvalue weighted by atomic mass is 79.9. The van der Waals surface area contributed by atoms with Crippen molar-refractivity contribution in [2.24, 2.45) is 0 Å². The first kappa shape index (κ1) is 16.3.